The highest BCUT2D eigenvalue weighted by Gasteiger charge is 2.13. The maximum Gasteiger partial charge on any atom is 0.255 e. The Bertz CT molecular complexity index is 1240. The number of carbonyl (C=O) groups is 1. The molecule has 4 rings (SSSR count). The molecule has 5 nitrogen and oxygen atoms in total. The normalized spacial score (nSPS) is 13.0. The van der Waals surface area contributed by atoms with Gasteiger partial charge in [0.1, 0.15) is 11.3 Å². The van der Waals surface area contributed by atoms with Crippen LogP contribution in [0.4, 0.5) is 5.69 Å². The van der Waals surface area contributed by atoms with Crippen LogP contribution in [0.2, 0.25) is 0 Å². The van der Waals surface area contributed by atoms with Crippen molar-refractivity contribution in [3.63, 3.8) is 0 Å². The standard InChI is InChI=1S/C28H30N2O3/c1-5-18(3)21-12-15-26-25(17-21)30-28(33-26)22-8-7-9-23(16-22)29-27(31)20-10-13-24(14-11-20)32-19(4)6-2/h7-19H,5-6H2,1-4H3,(H,29,31)/t18-,19+/m0/s1. The molecule has 3 aromatic carbocycles. The lowest BCUT2D eigenvalue weighted by atomic mass is 9.98. The van der Waals surface area contributed by atoms with Crippen molar-refractivity contribution in [2.75, 3.05) is 5.32 Å². The van der Waals surface area contributed by atoms with Crippen LogP contribution in [-0.2, 0) is 0 Å². The van der Waals surface area contributed by atoms with E-state index in [0.29, 0.717) is 23.1 Å². The molecule has 33 heavy (non-hydrogen) atoms. The van der Waals surface area contributed by atoms with Crippen molar-refractivity contribution in [1.29, 1.82) is 0 Å². The zero-order valence-electron chi connectivity index (χ0n) is 19.6. The molecule has 0 unspecified atom stereocenters. The maximum atomic E-state index is 12.7. The van der Waals surface area contributed by atoms with E-state index < -0.39 is 0 Å². The third kappa shape index (κ3) is 5.25. The SMILES string of the molecule is CC[C@@H](C)Oc1ccc(C(=O)Nc2cccc(-c3nc4cc([C@@H](C)CC)ccc4o3)c2)cc1. The molecule has 1 amide bonds. The van der Waals surface area contributed by atoms with Crippen LogP contribution in [0.25, 0.3) is 22.6 Å². The van der Waals surface area contributed by atoms with Gasteiger partial charge in [0.2, 0.25) is 5.89 Å². The van der Waals surface area contributed by atoms with Gasteiger partial charge in [-0.05, 0) is 85.8 Å². The van der Waals surface area contributed by atoms with Crippen molar-refractivity contribution < 1.29 is 13.9 Å². The number of anilines is 1. The predicted octanol–water partition coefficient (Wildman–Crippen LogP) is 7.44. The molecule has 0 spiro atoms. The Morgan fingerprint density at radius 3 is 2.52 bits per heavy atom. The Morgan fingerprint density at radius 1 is 1.00 bits per heavy atom. The van der Waals surface area contributed by atoms with E-state index in [9.17, 15) is 4.79 Å². The zero-order valence-corrected chi connectivity index (χ0v) is 19.6. The Balaban J connectivity index is 1.50. The largest absolute Gasteiger partial charge is 0.491 e. The second-order valence-electron chi connectivity index (χ2n) is 8.45. The molecule has 0 bridgehead atoms. The van der Waals surface area contributed by atoms with Crippen LogP contribution in [0.3, 0.4) is 0 Å². The van der Waals surface area contributed by atoms with E-state index in [2.05, 4.69) is 43.2 Å². The van der Waals surface area contributed by atoms with E-state index >= 15 is 0 Å². The van der Waals surface area contributed by atoms with Crippen molar-refractivity contribution in [2.45, 2.75) is 52.6 Å². The second-order valence-corrected chi connectivity index (χ2v) is 8.45. The average molecular weight is 443 g/mol. The number of ether oxygens (including phenoxy) is 1. The van der Waals surface area contributed by atoms with E-state index in [1.165, 1.54) is 5.56 Å². The summed E-state index contributed by atoms with van der Waals surface area (Å²) in [6.45, 7) is 8.49. The minimum absolute atomic E-state index is 0.140. The van der Waals surface area contributed by atoms with Gasteiger partial charge in [0.25, 0.3) is 5.91 Å². The highest BCUT2D eigenvalue weighted by Crippen LogP contribution is 2.29. The first-order chi connectivity index (χ1) is 16.0. The number of nitrogens with zero attached hydrogens (tertiary/aromatic N) is 1. The second kappa shape index (κ2) is 9.90. The summed E-state index contributed by atoms with van der Waals surface area (Å²) in [5.41, 5.74) is 4.91. The van der Waals surface area contributed by atoms with Crippen molar-refractivity contribution >= 4 is 22.7 Å². The Kier molecular flexibility index (Phi) is 6.78. The van der Waals surface area contributed by atoms with Crippen molar-refractivity contribution in [3.05, 3.63) is 77.9 Å². The van der Waals surface area contributed by atoms with E-state index in [1.54, 1.807) is 12.1 Å². The summed E-state index contributed by atoms with van der Waals surface area (Å²) in [7, 11) is 0. The molecule has 1 N–H and O–H groups in total. The van der Waals surface area contributed by atoms with Gasteiger partial charge in [-0.2, -0.15) is 0 Å². The molecule has 1 heterocycles. The van der Waals surface area contributed by atoms with Crippen LogP contribution >= 0.6 is 0 Å². The van der Waals surface area contributed by atoms with E-state index in [-0.39, 0.29) is 12.0 Å². The monoisotopic (exact) mass is 442 g/mol. The van der Waals surface area contributed by atoms with Crippen LogP contribution in [-0.4, -0.2) is 17.0 Å². The number of amides is 1. The molecule has 0 aliphatic carbocycles. The van der Waals surface area contributed by atoms with Gasteiger partial charge in [0, 0.05) is 16.8 Å². The van der Waals surface area contributed by atoms with Crippen LogP contribution in [0.5, 0.6) is 5.75 Å². The number of oxazole rings is 1. The minimum Gasteiger partial charge on any atom is -0.491 e. The first kappa shape index (κ1) is 22.6. The van der Waals surface area contributed by atoms with Gasteiger partial charge in [-0.25, -0.2) is 4.98 Å². The highest BCUT2D eigenvalue weighted by molar-refractivity contribution is 6.04. The maximum absolute atomic E-state index is 12.7. The molecule has 5 heteroatoms. The van der Waals surface area contributed by atoms with Gasteiger partial charge in [-0.15, -0.1) is 0 Å². The number of nitrogens with one attached hydrogen (secondary N) is 1. The zero-order chi connectivity index (χ0) is 23.4. The lowest BCUT2D eigenvalue weighted by Crippen LogP contribution is -2.12. The summed E-state index contributed by atoms with van der Waals surface area (Å²) in [6.07, 6.45) is 2.14. The topological polar surface area (TPSA) is 64.4 Å². The fraction of sp³-hybridized carbons (Fsp3) is 0.286. The fourth-order valence-electron chi connectivity index (χ4n) is 3.54. The first-order valence-corrected chi connectivity index (χ1v) is 11.6. The molecule has 0 aliphatic heterocycles. The van der Waals surface area contributed by atoms with Gasteiger partial charge in [-0.3, -0.25) is 4.79 Å². The van der Waals surface area contributed by atoms with Crippen molar-refractivity contribution in [2.24, 2.45) is 0 Å². The minimum atomic E-state index is -0.182. The number of aromatic nitrogens is 1. The summed E-state index contributed by atoms with van der Waals surface area (Å²) in [6, 6.07) is 20.9. The number of hydrogen-bond donors (Lipinski definition) is 1. The molecule has 1 aromatic heterocycles. The summed E-state index contributed by atoms with van der Waals surface area (Å²) in [5, 5.41) is 2.96. The third-order valence-corrected chi connectivity index (χ3v) is 5.99. The van der Waals surface area contributed by atoms with E-state index in [0.717, 1.165) is 35.3 Å². The average Bonchev–Trinajstić information content (AvgIpc) is 3.27. The Morgan fingerprint density at radius 2 is 1.79 bits per heavy atom. The number of rotatable bonds is 8. The number of fused-ring (bicyclic) bond motifs is 1. The molecule has 0 radical (unpaired) electrons. The molecule has 4 aromatic rings. The van der Waals surface area contributed by atoms with Crippen LogP contribution in [0.1, 0.15) is 62.4 Å². The van der Waals surface area contributed by atoms with Crippen LogP contribution in [0.15, 0.2) is 71.1 Å². The lowest BCUT2D eigenvalue weighted by molar-refractivity contribution is 0.102. The molecule has 0 saturated carbocycles. The van der Waals surface area contributed by atoms with Crippen LogP contribution < -0.4 is 10.1 Å². The smallest absolute Gasteiger partial charge is 0.255 e. The first-order valence-electron chi connectivity index (χ1n) is 11.6. The quantitative estimate of drug-likeness (QED) is 0.308. The molecule has 0 saturated heterocycles. The predicted molar refractivity (Wildman–Crippen MR) is 133 cm³/mol. The summed E-state index contributed by atoms with van der Waals surface area (Å²) in [5.74, 6) is 1.59. The van der Waals surface area contributed by atoms with Crippen LogP contribution in [0, 0.1) is 0 Å². The number of hydrogen-bond acceptors (Lipinski definition) is 4. The molecule has 0 aliphatic rings. The third-order valence-electron chi connectivity index (χ3n) is 5.99. The van der Waals surface area contributed by atoms with E-state index in [1.807, 2.05) is 49.4 Å². The molecular formula is C28H30N2O3. The van der Waals surface area contributed by atoms with Gasteiger partial charge in [-0.1, -0.05) is 32.9 Å². The molecule has 170 valence electrons. The summed E-state index contributed by atoms with van der Waals surface area (Å²) >= 11 is 0. The van der Waals surface area contributed by atoms with Crippen molar-refractivity contribution in [1.82, 2.24) is 4.98 Å². The van der Waals surface area contributed by atoms with Gasteiger partial charge in [0.15, 0.2) is 5.58 Å². The van der Waals surface area contributed by atoms with Gasteiger partial charge < -0.3 is 14.5 Å². The summed E-state index contributed by atoms with van der Waals surface area (Å²) < 4.78 is 11.8. The molecule has 2 atom stereocenters. The molecule has 0 fully saturated rings. The molecular weight excluding hydrogens is 412 g/mol. The van der Waals surface area contributed by atoms with Gasteiger partial charge >= 0.3 is 0 Å². The number of benzene rings is 3. The Labute approximate surface area is 194 Å². The highest BCUT2D eigenvalue weighted by atomic mass is 16.5. The van der Waals surface area contributed by atoms with Gasteiger partial charge in [0.05, 0.1) is 6.10 Å². The fourth-order valence-corrected chi connectivity index (χ4v) is 3.54. The Hall–Kier alpha value is -3.60. The summed E-state index contributed by atoms with van der Waals surface area (Å²) in [4.78, 5) is 17.4. The number of carbonyl (C=O) groups excluding carboxylic acids is 1. The van der Waals surface area contributed by atoms with Crippen molar-refractivity contribution in [3.8, 4) is 17.2 Å². The van der Waals surface area contributed by atoms with E-state index in [4.69, 9.17) is 9.15 Å². The lowest BCUT2D eigenvalue weighted by Gasteiger charge is -2.12.